The quantitative estimate of drug-likeness (QED) is 0.606. The van der Waals surface area contributed by atoms with Gasteiger partial charge in [-0.1, -0.05) is 27.6 Å². The van der Waals surface area contributed by atoms with Crippen LogP contribution in [0.25, 0.3) is 0 Å². The fraction of sp³-hybridized carbons (Fsp3) is 0.462. The van der Waals surface area contributed by atoms with Crippen LogP contribution in [-0.4, -0.2) is 56.9 Å². The smallest absolute Gasteiger partial charge is 0.374 e. The number of nitrogens with zero attached hydrogens (tertiary/aromatic N) is 2. The summed E-state index contributed by atoms with van der Waals surface area (Å²) in [7, 11) is -3.41. The van der Waals surface area contributed by atoms with Crippen LogP contribution in [0.5, 0.6) is 0 Å². The van der Waals surface area contributed by atoms with Crippen LogP contribution in [0.1, 0.15) is 11.6 Å². The molecule has 1 aromatic rings. The largest absolute Gasteiger partial charge is 0.468 e. The first-order chi connectivity index (χ1) is 10.3. The van der Waals surface area contributed by atoms with Gasteiger partial charge >= 0.3 is 16.4 Å². The highest BCUT2D eigenvalue weighted by Crippen LogP contribution is 2.25. The van der Waals surface area contributed by atoms with Gasteiger partial charge in [0.05, 0.1) is 7.11 Å². The van der Waals surface area contributed by atoms with E-state index < -0.39 is 22.4 Å². The van der Waals surface area contributed by atoms with E-state index in [1.165, 1.54) is 7.11 Å². The minimum Gasteiger partial charge on any atom is -0.468 e. The van der Waals surface area contributed by atoms with Gasteiger partial charge in [-0.2, -0.15) is 12.7 Å². The second-order valence-electron chi connectivity index (χ2n) is 4.85. The first-order valence-electron chi connectivity index (χ1n) is 6.60. The minimum absolute atomic E-state index is 0.0140. The number of rotatable bonds is 4. The number of piperazine rings is 1. The van der Waals surface area contributed by atoms with Crippen LogP contribution in [-0.2, 0) is 19.9 Å². The van der Waals surface area contributed by atoms with Crippen molar-refractivity contribution in [3.63, 3.8) is 0 Å². The number of ether oxygens (including phenoxy) is 1. The predicted octanol–water partition coefficient (Wildman–Crippen LogP) is 1.39. The van der Waals surface area contributed by atoms with E-state index in [4.69, 9.17) is 16.3 Å². The molecule has 1 aliphatic heterocycles. The fourth-order valence-corrected chi connectivity index (χ4v) is 3.16. The molecule has 1 saturated heterocycles. The summed E-state index contributed by atoms with van der Waals surface area (Å²) in [6.07, 6.45) is 0. The van der Waals surface area contributed by atoms with Gasteiger partial charge in [0, 0.05) is 31.2 Å². The summed E-state index contributed by atoms with van der Waals surface area (Å²) in [5, 5.41) is 0.542. The van der Waals surface area contributed by atoms with Crippen molar-refractivity contribution in [2.45, 2.75) is 6.04 Å². The fourth-order valence-electron chi connectivity index (χ4n) is 2.43. The summed E-state index contributed by atoms with van der Waals surface area (Å²) in [4.78, 5) is 13.8. The third-order valence-corrected chi connectivity index (χ3v) is 4.79. The average Bonchev–Trinajstić information content (AvgIpc) is 2.49. The van der Waals surface area contributed by atoms with Gasteiger partial charge in [-0.3, -0.25) is 4.90 Å². The van der Waals surface area contributed by atoms with Gasteiger partial charge in [0.2, 0.25) is 0 Å². The van der Waals surface area contributed by atoms with Crippen molar-refractivity contribution >= 4 is 28.0 Å². The molecule has 22 heavy (non-hydrogen) atoms. The molecule has 122 valence electrons. The highest BCUT2D eigenvalue weighted by molar-refractivity contribution is 7.83. The Hall–Kier alpha value is -1.22. The summed E-state index contributed by atoms with van der Waals surface area (Å²) in [6, 6.07) is 6.07. The molecule has 0 radical (unpaired) electrons. The normalized spacial score (nSPS) is 18.9. The first kappa shape index (κ1) is 17.1. The van der Waals surface area contributed by atoms with Gasteiger partial charge in [0.1, 0.15) is 6.04 Å². The number of benzene rings is 1. The predicted molar refractivity (Wildman–Crippen MR) is 79.4 cm³/mol. The summed E-state index contributed by atoms with van der Waals surface area (Å²) in [6.45, 7) is 0.428. The van der Waals surface area contributed by atoms with E-state index >= 15 is 0 Å². The zero-order valence-corrected chi connectivity index (χ0v) is 13.5. The Bertz CT molecular complexity index is 630. The van der Waals surface area contributed by atoms with Crippen molar-refractivity contribution < 1.29 is 21.8 Å². The molecule has 1 atom stereocenters. The zero-order chi connectivity index (χ0) is 16.3. The molecule has 1 heterocycles. The molecule has 0 saturated carbocycles. The van der Waals surface area contributed by atoms with E-state index in [0.29, 0.717) is 10.6 Å². The van der Waals surface area contributed by atoms with Crippen molar-refractivity contribution in [2.24, 2.45) is 0 Å². The summed E-state index contributed by atoms with van der Waals surface area (Å²) < 4.78 is 40.3. The molecule has 1 aliphatic rings. The monoisotopic (exact) mass is 350 g/mol. The van der Waals surface area contributed by atoms with Gasteiger partial charge in [-0.25, -0.2) is 4.79 Å². The molecule has 1 fully saturated rings. The molecule has 1 aromatic carbocycles. The number of esters is 1. The Balaban J connectivity index is 2.18. The van der Waals surface area contributed by atoms with E-state index in [9.17, 15) is 17.1 Å². The summed E-state index contributed by atoms with van der Waals surface area (Å²) in [5.41, 5.74) is 0.688. The Morgan fingerprint density at radius 3 is 2.23 bits per heavy atom. The Morgan fingerprint density at radius 1 is 1.23 bits per heavy atom. The van der Waals surface area contributed by atoms with Crippen molar-refractivity contribution in [3.05, 3.63) is 34.9 Å². The van der Waals surface area contributed by atoms with Crippen molar-refractivity contribution in [1.29, 1.82) is 0 Å². The van der Waals surface area contributed by atoms with Crippen LogP contribution in [0.4, 0.5) is 3.89 Å². The number of hydrogen-bond donors (Lipinski definition) is 0. The lowest BCUT2D eigenvalue weighted by molar-refractivity contribution is -0.147. The number of halogens is 2. The maximum Gasteiger partial charge on any atom is 0.374 e. The van der Waals surface area contributed by atoms with Crippen molar-refractivity contribution in [1.82, 2.24) is 9.21 Å². The van der Waals surface area contributed by atoms with Crippen LogP contribution in [0.3, 0.4) is 0 Å². The molecular formula is C13H16ClFN2O4S. The van der Waals surface area contributed by atoms with Gasteiger partial charge < -0.3 is 4.74 Å². The molecule has 0 aliphatic carbocycles. The topological polar surface area (TPSA) is 66.9 Å². The molecule has 0 spiro atoms. The second kappa shape index (κ2) is 6.91. The Labute approximate surface area is 133 Å². The highest BCUT2D eigenvalue weighted by atomic mass is 35.5. The number of carbonyl (C=O) groups is 1. The van der Waals surface area contributed by atoms with Crippen LogP contribution in [0.2, 0.25) is 5.02 Å². The molecule has 2 rings (SSSR count). The molecule has 9 heteroatoms. The van der Waals surface area contributed by atoms with Gasteiger partial charge in [0.25, 0.3) is 0 Å². The Kier molecular flexibility index (Phi) is 5.38. The lowest BCUT2D eigenvalue weighted by Gasteiger charge is -2.36. The molecule has 0 amide bonds. The molecule has 0 bridgehead atoms. The first-order valence-corrected chi connectivity index (χ1v) is 8.32. The van der Waals surface area contributed by atoms with Crippen molar-refractivity contribution in [3.8, 4) is 0 Å². The third-order valence-electron chi connectivity index (χ3n) is 3.56. The highest BCUT2D eigenvalue weighted by Gasteiger charge is 2.34. The molecule has 1 unspecified atom stereocenters. The third kappa shape index (κ3) is 3.95. The minimum atomic E-state index is -4.70. The number of carbonyl (C=O) groups excluding carboxylic acids is 1. The molecule has 0 N–H and O–H groups in total. The SMILES string of the molecule is COC(=O)C(c1ccc(Cl)cc1)N1CCN(S(=O)(=O)F)CC1. The van der Waals surface area contributed by atoms with E-state index in [-0.39, 0.29) is 26.2 Å². The van der Waals surface area contributed by atoms with Crippen LogP contribution < -0.4 is 0 Å². The van der Waals surface area contributed by atoms with Gasteiger partial charge in [-0.05, 0) is 17.7 Å². The second-order valence-corrected chi connectivity index (χ2v) is 6.63. The number of hydrogen-bond acceptors (Lipinski definition) is 5. The lowest BCUT2D eigenvalue weighted by Crippen LogP contribution is -2.50. The lowest BCUT2D eigenvalue weighted by atomic mass is 10.0. The maximum absolute atomic E-state index is 13.0. The van der Waals surface area contributed by atoms with Crippen LogP contribution >= 0.6 is 11.6 Å². The zero-order valence-electron chi connectivity index (χ0n) is 11.9. The van der Waals surface area contributed by atoms with Crippen LogP contribution in [0, 0.1) is 0 Å². The van der Waals surface area contributed by atoms with Crippen molar-refractivity contribution in [2.75, 3.05) is 33.3 Å². The molecule has 6 nitrogen and oxygen atoms in total. The van der Waals surface area contributed by atoms with E-state index in [1.54, 1.807) is 29.2 Å². The summed E-state index contributed by atoms with van der Waals surface area (Å²) >= 11 is 5.84. The van der Waals surface area contributed by atoms with Gasteiger partial charge in [-0.15, -0.1) is 0 Å². The number of methoxy groups -OCH3 is 1. The van der Waals surface area contributed by atoms with E-state index in [2.05, 4.69) is 0 Å². The van der Waals surface area contributed by atoms with E-state index in [0.717, 1.165) is 4.31 Å². The Morgan fingerprint density at radius 2 is 1.77 bits per heavy atom. The maximum atomic E-state index is 13.0. The average molecular weight is 351 g/mol. The van der Waals surface area contributed by atoms with Crippen LogP contribution in [0.15, 0.2) is 24.3 Å². The molecular weight excluding hydrogens is 335 g/mol. The standard InChI is InChI=1S/C13H16ClFN2O4S/c1-21-13(18)12(10-2-4-11(14)5-3-10)16-6-8-17(9-7-16)22(15,19)20/h2-5,12H,6-9H2,1H3. The van der Waals surface area contributed by atoms with E-state index in [1.807, 2.05) is 0 Å². The molecule has 0 aromatic heterocycles. The summed E-state index contributed by atoms with van der Waals surface area (Å²) in [5.74, 6) is -0.459. The van der Waals surface area contributed by atoms with Gasteiger partial charge in [0.15, 0.2) is 0 Å².